The molecule has 0 aliphatic heterocycles. The number of hydrogen-bond acceptors (Lipinski definition) is 2. The second-order valence-corrected chi connectivity index (χ2v) is 3.74. The number of nitrogens with zero attached hydrogens (tertiary/aromatic N) is 3. The molecule has 17 heavy (non-hydrogen) atoms. The van der Waals surface area contributed by atoms with Gasteiger partial charge >= 0.3 is 0 Å². The molecule has 3 heteroatoms. The van der Waals surface area contributed by atoms with Gasteiger partial charge < -0.3 is 4.40 Å². The zero-order valence-corrected chi connectivity index (χ0v) is 9.19. The second kappa shape index (κ2) is 4.22. The maximum absolute atomic E-state index is 4.25. The maximum Gasteiger partial charge on any atom is 0.137 e. The van der Waals surface area contributed by atoms with Gasteiger partial charge in [0, 0.05) is 24.8 Å². The fourth-order valence-electron chi connectivity index (χ4n) is 1.69. The van der Waals surface area contributed by atoms with Crippen LogP contribution in [-0.4, -0.2) is 14.4 Å². The highest BCUT2D eigenvalue weighted by Crippen LogP contribution is 2.09. The molecule has 3 aromatic heterocycles. The lowest BCUT2D eigenvalue weighted by Crippen LogP contribution is -1.83. The summed E-state index contributed by atoms with van der Waals surface area (Å²) >= 11 is 0. The molecule has 0 spiro atoms. The molecule has 0 aliphatic carbocycles. The Morgan fingerprint density at radius 3 is 2.82 bits per heavy atom. The molecule has 0 saturated carbocycles. The molecule has 0 radical (unpaired) electrons. The molecule has 0 bridgehead atoms. The molecule has 82 valence electrons. The van der Waals surface area contributed by atoms with E-state index in [1.807, 2.05) is 59.3 Å². The van der Waals surface area contributed by atoms with Gasteiger partial charge in [0.2, 0.25) is 0 Å². The fourth-order valence-corrected chi connectivity index (χ4v) is 1.69. The van der Waals surface area contributed by atoms with Crippen LogP contribution in [0, 0.1) is 0 Å². The van der Waals surface area contributed by atoms with Crippen LogP contribution in [-0.2, 0) is 0 Å². The summed E-state index contributed by atoms with van der Waals surface area (Å²) in [6.45, 7) is 0. The first kappa shape index (κ1) is 9.78. The first-order valence-electron chi connectivity index (χ1n) is 5.44. The maximum atomic E-state index is 4.25. The second-order valence-electron chi connectivity index (χ2n) is 3.74. The summed E-state index contributed by atoms with van der Waals surface area (Å²) in [5.74, 6) is 0. The van der Waals surface area contributed by atoms with Crippen molar-refractivity contribution in [3.63, 3.8) is 0 Å². The van der Waals surface area contributed by atoms with Gasteiger partial charge in [-0.2, -0.15) is 0 Å². The smallest absolute Gasteiger partial charge is 0.137 e. The molecule has 0 unspecified atom stereocenters. The molecule has 0 amide bonds. The minimum atomic E-state index is 0.952. The molecule has 3 nitrogen and oxygen atoms in total. The van der Waals surface area contributed by atoms with Crippen molar-refractivity contribution in [2.75, 3.05) is 0 Å². The van der Waals surface area contributed by atoms with Crippen molar-refractivity contribution < 1.29 is 0 Å². The van der Waals surface area contributed by atoms with Crippen molar-refractivity contribution in [1.29, 1.82) is 0 Å². The van der Waals surface area contributed by atoms with Crippen molar-refractivity contribution in [2.45, 2.75) is 0 Å². The van der Waals surface area contributed by atoms with E-state index in [4.69, 9.17) is 0 Å². The summed E-state index contributed by atoms with van der Waals surface area (Å²) in [6, 6.07) is 9.95. The van der Waals surface area contributed by atoms with Gasteiger partial charge in [0.05, 0.1) is 5.69 Å². The van der Waals surface area contributed by atoms with Gasteiger partial charge in [0.1, 0.15) is 5.65 Å². The molecule has 0 N–H and O–H groups in total. The van der Waals surface area contributed by atoms with Crippen molar-refractivity contribution in [1.82, 2.24) is 14.4 Å². The Labute approximate surface area is 99.1 Å². The minimum Gasteiger partial charge on any atom is -0.307 e. The van der Waals surface area contributed by atoms with Crippen LogP contribution >= 0.6 is 0 Å². The number of pyridine rings is 2. The zero-order valence-electron chi connectivity index (χ0n) is 9.19. The first-order valence-corrected chi connectivity index (χ1v) is 5.44. The van der Waals surface area contributed by atoms with Crippen LogP contribution in [0.1, 0.15) is 11.3 Å². The number of hydrogen-bond donors (Lipinski definition) is 0. The molecule has 3 heterocycles. The summed E-state index contributed by atoms with van der Waals surface area (Å²) in [5, 5.41) is 0. The molecule has 0 fully saturated rings. The Bertz CT molecular complexity index is 653. The van der Waals surface area contributed by atoms with E-state index in [0.29, 0.717) is 0 Å². The predicted octanol–water partition coefficient (Wildman–Crippen LogP) is 2.90. The minimum absolute atomic E-state index is 0.952. The fraction of sp³-hybridized carbons (Fsp3) is 0. The van der Waals surface area contributed by atoms with Crippen LogP contribution in [0.15, 0.2) is 55.1 Å². The van der Waals surface area contributed by atoms with Crippen LogP contribution in [0.5, 0.6) is 0 Å². The molecule has 0 aromatic carbocycles. The number of fused-ring (bicyclic) bond motifs is 1. The summed E-state index contributed by atoms with van der Waals surface area (Å²) in [4.78, 5) is 8.49. The largest absolute Gasteiger partial charge is 0.307 e. The summed E-state index contributed by atoms with van der Waals surface area (Å²) in [6.07, 6.45) is 11.5. The highest BCUT2D eigenvalue weighted by molar-refractivity contribution is 5.69. The van der Waals surface area contributed by atoms with Gasteiger partial charge in [-0.15, -0.1) is 0 Å². The van der Waals surface area contributed by atoms with E-state index in [9.17, 15) is 0 Å². The predicted molar refractivity (Wildman–Crippen MR) is 68.4 cm³/mol. The van der Waals surface area contributed by atoms with Crippen molar-refractivity contribution in [3.8, 4) is 0 Å². The zero-order chi connectivity index (χ0) is 11.5. The van der Waals surface area contributed by atoms with Crippen LogP contribution in [0.2, 0.25) is 0 Å². The highest BCUT2D eigenvalue weighted by atomic mass is 15.0. The van der Waals surface area contributed by atoms with Gasteiger partial charge in [-0.25, -0.2) is 4.98 Å². The average molecular weight is 221 g/mol. The van der Waals surface area contributed by atoms with E-state index in [2.05, 4.69) is 9.97 Å². The standard InChI is InChI=1S/C14H11N3/c1-2-7-15-13(3-1)5-4-12-6-9-17-10-8-16-14(17)11-12/h1-11H. The van der Waals surface area contributed by atoms with Crippen LogP contribution in [0.25, 0.3) is 17.8 Å². The van der Waals surface area contributed by atoms with Gasteiger partial charge in [-0.3, -0.25) is 4.98 Å². The van der Waals surface area contributed by atoms with E-state index in [1.54, 1.807) is 12.4 Å². The van der Waals surface area contributed by atoms with E-state index in [0.717, 1.165) is 16.9 Å². The van der Waals surface area contributed by atoms with Gasteiger partial charge in [0.25, 0.3) is 0 Å². The van der Waals surface area contributed by atoms with Crippen molar-refractivity contribution >= 4 is 17.8 Å². The lowest BCUT2D eigenvalue weighted by atomic mass is 10.2. The summed E-state index contributed by atoms with van der Waals surface area (Å²) < 4.78 is 1.98. The van der Waals surface area contributed by atoms with E-state index in [1.165, 1.54) is 0 Å². The Morgan fingerprint density at radius 1 is 0.941 bits per heavy atom. The Hall–Kier alpha value is -2.42. The molecule has 0 aliphatic rings. The summed E-state index contributed by atoms with van der Waals surface area (Å²) in [5.41, 5.74) is 3.03. The average Bonchev–Trinajstić information content (AvgIpc) is 2.85. The first-order chi connectivity index (χ1) is 8.42. The SMILES string of the molecule is C(=Cc1ccccn1)c1ccn2ccnc2c1. The number of aromatic nitrogens is 3. The van der Waals surface area contributed by atoms with Crippen LogP contribution in [0.4, 0.5) is 0 Å². The highest BCUT2D eigenvalue weighted by Gasteiger charge is 1.93. The molecule has 3 aromatic rings. The van der Waals surface area contributed by atoms with E-state index in [-0.39, 0.29) is 0 Å². The lowest BCUT2D eigenvalue weighted by molar-refractivity contribution is 1.18. The van der Waals surface area contributed by atoms with E-state index >= 15 is 0 Å². The van der Waals surface area contributed by atoms with Crippen molar-refractivity contribution in [3.05, 3.63) is 66.4 Å². The molecule has 0 atom stereocenters. The Morgan fingerprint density at radius 2 is 1.94 bits per heavy atom. The van der Waals surface area contributed by atoms with Crippen LogP contribution in [0.3, 0.4) is 0 Å². The Kier molecular flexibility index (Phi) is 2.43. The van der Waals surface area contributed by atoms with Crippen molar-refractivity contribution in [2.24, 2.45) is 0 Å². The topological polar surface area (TPSA) is 30.2 Å². The number of rotatable bonds is 2. The lowest BCUT2D eigenvalue weighted by Gasteiger charge is -1.96. The van der Waals surface area contributed by atoms with Gasteiger partial charge in [0.15, 0.2) is 0 Å². The normalized spacial score (nSPS) is 11.3. The molecular weight excluding hydrogens is 210 g/mol. The van der Waals surface area contributed by atoms with Gasteiger partial charge in [-0.1, -0.05) is 12.1 Å². The quantitative estimate of drug-likeness (QED) is 0.666. The van der Waals surface area contributed by atoms with Gasteiger partial charge in [-0.05, 0) is 35.9 Å². The third-order valence-electron chi connectivity index (χ3n) is 2.56. The molecule has 0 saturated heterocycles. The molecule has 3 rings (SSSR count). The summed E-state index contributed by atoms with van der Waals surface area (Å²) in [7, 11) is 0. The van der Waals surface area contributed by atoms with E-state index < -0.39 is 0 Å². The Balaban J connectivity index is 1.92. The third-order valence-corrected chi connectivity index (χ3v) is 2.56. The monoisotopic (exact) mass is 221 g/mol. The number of imidazole rings is 1. The molecular formula is C14H11N3. The third kappa shape index (κ3) is 2.08. The van der Waals surface area contributed by atoms with Crippen LogP contribution < -0.4 is 0 Å².